The van der Waals surface area contributed by atoms with Gasteiger partial charge in [-0.2, -0.15) is 13.2 Å². The number of hydrogen-bond acceptors (Lipinski definition) is 7. The monoisotopic (exact) mass is 304 g/mol. The normalized spacial score (nSPS) is 11.4. The standard InChI is InChI=1S/C10H11F3N6S/c1-5-15-3-6(20-5)4-16-7-2-8(19-14)18-9(17-7)10(11,12)13/h2-3H,4,14H2,1H3,(H2,16,17,18,19). The third-order valence-electron chi connectivity index (χ3n) is 2.24. The zero-order valence-corrected chi connectivity index (χ0v) is 11.1. The van der Waals surface area contributed by atoms with Crippen molar-refractivity contribution >= 4 is 23.0 Å². The van der Waals surface area contributed by atoms with Crippen LogP contribution in [0.4, 0.5) is 24.8 Å². The fraction of sp³-hybridized carbons (Fsp3) is 0.300. The van der Waals surface area contributed by atoms with Crippen molar-refractivity contribution in [1.82, 2.24) is 15.0 Å². The van der Waals surface area contributed by atoms with E-state index in [2.05, 4.69) is 25.7 Å². The number of rotatable bonds is 4. The van der Waals surface area contributed by atoms with E-state index in [9.17, 15) is 13.2 Å². The molecule has 10 heteroatoms. The van der Waals surface area contributed by atoms with Gasteiger partial charge in [-0.05, 0) is 6.92 Å². The Labute approximate surface area is 116 Å². The highest BCUT2D eigenvalue weighted by Gasteiger charge is 2.35. The van der Waals surface area contributed by atoms with Gasteiger partial charge in [0.2, 0.25) is 5.82 Å². The van der Waals surface area contributed by atoms with Crippen LogP contribution in [0.25, 0.3) is 0 Å². The Kier molecular flexibility index (Phi) is 4.04. The molecule has 4 N–H and O–H groups in total. The quantitative estimate of drug-likeness (QED) is 0.592. The Morgan fingerprint density at radius 3 is 2.55 bits per heavy atom. The molecule has 2 aromatic heterocycles. The molecule has 108 valence electrons. The van der Waals surface area contributed by atoms with Crippen molar-refractivity contribution < 1.29 is 13.2 Å². The van der Waals surface area contributed by atoms with Gasteiger partial charge in [0, 0.05) is 17.1 Å². The third kappa shape index (κ3) is 3.54. The van der Waals surface area contributed by atoms with E-state index < -0.39 is 12.0 Å². The van der Waals surface area contributed by atoms with E-state index in [1.165, 1.54) is 17.4 Å². The van der Waals surface area contributed by atoms with Crippen molar-refractivity contribution in [2.24, 2.45) is 5.84 Å². The van der Waals surface area contributed by atoms with E-state index in [-0.39, 0.29) is 11.6 Å². The predicted octanol–water partition coefficient (Wildman–Crippen LogP) is 2.16. The SMILES string of the molecule is Cc1ncc(CNc2cc(NN)nc(C(F)(F)F)n2)s1. The highest BCUT2D eigenvalue weighted by Crippen LogP contribution is 2.28. The van der Waals surface area contributed by atoms with Crippen LogP contribution in [0.15, 0.2) is 12.3 Å². The maximum absolute atomic E-state index is 12.6. The molecule has 0 fully saturated rings. The minimum Gasteiger partial charge on any atom is -0.365 e. The summed E-state index contributed by atoms with van der Waals surface area (Å²) in [7, 11) is 0. The van der Waals surface area contributed by atoms with Crippen LogP contribution in [0.5, 0.6) is 0 Å². The first-order valence-corrected chi connectivity index (χ1v) is 6.28. The molecule has 0 bridgehead atoms. The summed E-state index contributed by atoms with van der Waals surface area (Å²) < 4.78 is 37.9. The average Bonchev–Trinajstić information content (AvgIpc) is 2.81. The van der Waals surface area contributed by atoms with Crippen molar-refractivity contribution in [1.29, 1.82) is 0 Å². The minimum absolute atomic E-state index is 0.0336. The minimum atomic E-state index is -4.63. The number of thiazole rings is 1. The van der Waals surface area contributed by atoms with E-state index in [4.69, 9.17) is 5.84 Å². The number of hydrazine groups is 1. The van der Waals surface area contributed by atoms with Crippen molar-refractivity contribution in [3.05, 3.63) is 28.0 Å². The molecule has 0 aliphatic rings. The first kappa shape index (κ1) is 14.5. The lowest BCUT2D eigenvalue weighted by Crippen LogP contribution is -2.17. The molecule has 0 atom stereocenters. The molecule has 2 rings (SSSR count). The Bertz CT molecular complexity index is 597. The summed E-state index contributed by atoms with van der Waals surface area (Å²) in [5.74, 6) is 3.76. The Balaban J connectivity index is 2.18. The van der Waals surface area contributed by atoms with Crippen molar-refractivity contribution in [2.45, 2.75) is 19.6 Å². The number of aryl methyl sites for hydroxylation is 1. The van der Waals surface area contributed by atoms with Crippen LogP contribution in [0, 0.1) is 6.92 Å². The second-order valence-electron chi connectivity index (χ2n) is 3.80. The molecule has 0 unspecified atom stereocenters. The molecular formula is C10H11F3N6S. The molecule has 0 aliphatic carbocycles. The molecule has 2 heterocycles. The lowest BCUT2D eigenvalue weighted by Gasteiger charge is -2.10. The highest BCUT2D eigenvalue weighted by molar-refractivity contribution is 7.11. The number of nitrogen functional groups attached to an aromatic ring is 1. The van der Waals surface area contributed by atoms with Gasteiger partial charge in [-0.15, -0.1) is 11.3 Å². The van der Waals surface area contributed by atoms with Gasteiger partial charge in [-0.25, -0.2) is 20.8 Å². The summed E-state index contributed by atoms with van der Waals surface area (Å²) in [6, 6.07) is 1.29. The zero-order chi connectivity index (χ0) is 14.8. The van der Waals surface area contributed by atoms with E-state index in [1.54, 1.807) is 6.20 Å². The van der Waals surface area contributed by atoms with Crippen LogP contribution in [0.3, 0.4) is 0 Å². The van der Waals surface area contributed by atoms with Crippen LogP contribution in [-0.2, 0) is 12.7 Å². The molecule has 2 aromatic rings. The van der Waals surface area contributed by atoms with E-state index in [0.717, 1.165) is 9.88 Å². The lowest BCUT2D eigenvalue weighted by molar-refractivity contribution is -0.144. The number of halogens is 3. The van der Waals surface area contributed by atoms with Crippen molar-refractivity contribution in [2.75, 3.05) is 10.7 Å². The zero-order valence-electron chi connectivity index (χ0n) is 10.3. The number of nitrogens with zero attached hydrogens (tertiary/aromatic N) is 3. The van der Waals surface area contributed by atoms with Crippen LogP contribution >= 0.6 is 11.3 Å². The molecule has 0 saturated carbocycles. The van der Waals surface area contributed by atoms with Gasteiger partial charge in [0.05, 0.1) is 11.6 Å². The van der Waals surface area contributed by atoms with Crippen molar-refractivity contribution in [3.8, 4) is 0 Å². The maximum atomic E-state index is 12.6. The summed E-state index contributed by atoms with van der Waals surface area (Å²) in [5, 5.41) is 3.66. The number of hydrogen-bond donors (Lipinski definition) is 3. The van der Waals surface area contributed by atoms with E-state index >= 15 is 0 Å². The summed E-state index contributed by atoms with van der Waals surface area (Å²) in [6.45, 7) is 2.17. The van der Waals surface area contributed by atoms with Gasteiger partial charge in [0.1, 0.15) is 11.6 Å². The molecule has 0 aliphatic heterocycles. The maximum Gasteiger partial charge on any atom is 0.451 e. The van der Waals surface area contributed by atoms with Crippen molar-refractivity contribution in [3.63, 3.8) is 0 Å². The first-order valence-electron chi connectivity index (χ1n) is 5.46. The molecule has 0 radical (unpaired) electrons. The molecule has 0 amide bonds. The smallest absolute Gasteiger partial charge is 0.365 e. The molecule has 6 nitrogen and oxygen atoms in total. The molecule has 20 heavy (non-hydrogen) atoms. The first-order chi connectivity index (χ1) is 9.38. The molecule has 0 saturated heterocycles. The average molecular weight is 304 g/mol. The Hall–Kier alpha value is -1.94. The Morgan fingerprint density at radius 1 is 1.30 bits per heavy atom. The lowest BCUT2D eigenvalue weighted by atomic mass is 10.4. The fourth-order valence-corrected chi connectivity index (χ4v) is 2.14. The van der Waals surface area contributed by atoms with E-state index in [1.807, 2.05) is 6.92 Å². The van der Waals surface area contributed by atoms with Gasteiger partial charge in [-0.1, -0.05) is 0 Å². The number of alkyl halides is 3. The molecule has 0 aromatic carbocycles. The van der Waals surface area contributed by atoms with Gasteiger partial charge in [-0.3, -0.25) is 0 Å². The largest absolute Gasteiger partial charge is 0.451 e. The van der Waals surface area contributed by atoms with Crippen LogP contribution in [0.2, 0.25) is 0 Å². The molecular weight excluding hydrogens is 293 g/mol. The summed E-state index contributed by atoms with van der Waals surface area (Å²) >= 11 is 1.45. The number of aromatic nitrogens is 3. The number of anilines is 2. The van der Waals surface area contributed by atoms with E-state index in [0.29, 0.717) is 6.54 Å². The fourth-order valence-electron chi connectivity index (χ4n) is 1.40. The molecule has 0 spiro atoms. The number of nitrogens with one attached hydrogen (secondary N) is 2. The van der Waals surface area contributed by atoms with Crippen LogP contribution in [-0.4, -0.2) is 15.0 Å². The summed E-state index contributed by atoms with van der Waals surface area (Å²) in [4.78, 5) is 11.6. The predicted molar refractivity (Wildman–Crippen MR) is 69.0 cm³/mol. The van der Waals surface area contributed by atoms with Crippen LogP contribution < -0.4 is 16.6 Å². The Morgan fingerprint density at radius 2 is 2.00 bits per heavy atom. The summed E-state index contributed by atoms with van der Waals surface area (Å²) in [6.07, 6.45) is -2.98. The highest BCUT2D eigenvalue weighted by atomic mass is 32.1. The second-order valence-corrected chi connectivity index (χ2v) is 5.12. The second kappa shape index (κ2) is 5.59. The summed E-state index contributed by atoms with van der Waals surface area (Å²) in [5.41, 5.74) is 2.08. The van der Waals surface area contributed by atoms with Gasteiger partial charge in [0.15, 0.2) is 0 Å². The van der Waals surface area contributed by atoms with Crippen LogP contribution in [0.1, 0.15) is 15.7 Å². The van der Waals surface area contributed by atoms with Gasteiger partial charge >= 0.3 is 6.18 Å². The topological polar surface area (TPSA) is 88.8 Å². The third-order valence-corrected chi connectivity index (χ3v) is 3.15. The van der Waals surface area contributed by atoms with Gasteiger partial charge in [0.25, 0.3) is 0 Å². The number of nitrogens with two attached hydrogens (primary N) is 1. The van der Waals surface area contributed by atoms with Gasteiger partial charge < -0.3 is 10.7 Å².